The Hall–Kier alpha value is -2.36. The highest BCUT2D eigenvalue weighted by Crippen LogP contribution is 2.17. The number of H-pyrrole nitrogens is 1. The van der Waals surface area contributed by atoms with Crippen LogP contribution >= 0.6 is 0 Å². The first-order chi connectivity index (χ1) is 8.31. The van der Waals surface area contributed by atoms with Gasteiger partial charge >= 0.3 is 0 Å². The first-order valence-electron chi connectivity index (χ1n) is 5.35. The molecule has 1 N–H and O–H groups in total. The van der Waals surface area contributed by atoms with Gasteiger partial charge in [0.25, 0.3) is 0 Å². The van der Waals surface area contributed by atoms with Crippen LogP contribution in [0.3, 0.4) is 0 Å². The van der Waals surface area contributed by atoms with Crippen molar-refractivity contribution in [3.05, 3.63) is 47.9 Å². The van der Waals surface area contributed by atoms with Gasteiger partial charge in [0, 0.05) is 0 Å². The Bertz CT molecular complexity index is 665. The zero-order valence-corrected chi connectivity index (χ0v) is 9.34. The maximum Gasteiger partial charge on any atom is 0.227 e. The summed E-state index contributed by atoms with van der Waals surface area (Å²) in [6.45, 7) is 2.05. The highest BCUT2D eigenvalue weighted by atomic mass is 16.3. The second-order valence-electron chi connectivity index (χ2n) is 3.85. The summed E-state index contributed by atoms with van der Waals surface area (Å²) in [5, 5.41) is 0. The lowest BCUT2D eigenvalue weighted by molar-refractivity contribution is 0.560. The number of hydrogen-bond donors (Lipinski definition) is 1. The fourth-order valence-electron chi connectivity index (χ4n) is 1.66. The summed E-state index contributed by atoms with van der Waals surface area (Å²) in [5.41, 5.74) is 3.11. The molecule has 0 unspecified atom stereocenters. The van der Waals surface area contributed by atoms with E-state index < -0.39 is 0 Å². The van der Waals surface area contributed by atoms with Crippen molar-refractivity contribution in [1.29, 1.82) is 0 Å². The SMILES string of the molecule is Cc1ccc2nc(/N=C/c3ccco3)[nH]c2c1. The van der Waals surface area contributed by atoms with Crippen LogP contribution in [0.25, 0.3) is 11.0 Å². The van der Waals surface area contributed by atoms with E-state index in [1.54, 1.807) is 12.5 Å². The van der Waals surface area contributed by atoms with Gasteiger partial charge in [0.05, 0.1) is 23.5 Å². The van der Waals surface area contributed by atoms with E-state index in [0.717, 1.165) is 11.0 Å². The van der Waals surface area contributed by atoms with Crippen molar-refractivity contribution in [2.24, 2.45) is 4.99 Å². The summed E-state index contributed by atoms with van der Waals surface area (Å²) in [6.07, 6.45) is 3.26. The molecule has 0 fully saturated rings. The molecule has 1 aromatic carbocycles. The molecule has 2 aromatic heterocycles. The number of fused-ring (bicyclic) bond motifs is 1. The molecule has 0 aliphatic carbocycles. The van der Waals surface area contributed by atoms with Crippen LogP contribution in [-0.4, -0.2) is 16.2 Å². The second kappa shape index (κ2) is 3.90. The molecule has 0 saturated heterocycles. The van der Waals surface area contributed by atoms with Gasteiger partial charge < -0.3 is 9.40 Å². The minimum Gasteiger partial charge on any atom is -0.463 e. The van der Waals surface area contributed by atoms with Gasteiger partial charge in [0.1, 0.15) is 5.76 Å². The number of aryl methyl sites for hydroxylation is 1. The highest BCUT2D eigenvalue weighted by Gasteiger charge is 2.00. The van der Waals surface area contributed by atoms with Crippen molar-refractivity contribution < 1.29 is 4.42 Å². The normalized spacial score (nSPS) is 11.6. The van der Waals surface area contributed by atoms with Crippen LogP contribution in [0.4, 0.5) is 5.95 Å². The van der Waals surface area contributed by atoms with Crippen molar-refractivity contribution in [3.63, 3.8) is 0 Å². The molecule has 4 heteroatoms. The van der Waals surface area contributed by atoms with Crippen LogP contribution in [0.15, 0.2) is 46.0 Å². The molecular formula is C13H11N3O. The minimum atomic E-state index is 0.585. The molecule has 4 nitrogen and oxygen atoms in total. The van der Waals surface area contributed by atoms with Crippen molar-refractivity contribution in [2.75, 3.05) is 0 Å². The smallest absolute Gasteiger partial charge is 0.227 e. The van der Waals surface area contributed by atoms with Crippen LogP contribution in [0.2, 0.25) is 0 Å². The molecule has 0 amide bonds. The molecule has 0 atom stereocenters. The molecule has 0 bridgehead atoms. The number of benzene rings is 1. The largest absolute Gasteiger partial charge is 0.463 e. The first kappa shape index (κ1) is 9.84. The van der Waals surface area contributed by atoms with Crippen LogP contribution < -0.4 is 0 Å². The zero-order valence-electron chi connectivity index (χ0n) is 9.34. The molecule has 3 rings (SSSR count). The number of furan rings is 1. The summed E-state index contributed by atoms with van der Waals surface area (Å²) < 4.78 is 5.16. The van der Waals surface area contributed by atoms with Gasteiger partial charge in [-0.2, -0.15) is 0 Å². The summed E-state index contributed by atoms with van der Waals surface area (Å²) in [5.74, 6) is 1.30. The molecular weight excluding hydrogens is 214 g/mol. The van der Waals surface area contributed by atoms with E-state index in [4.69, 9.17) is 4.42 Å². The number of aliphatic imine (C=N–C) groups is 1. The van der Waals surface area contributed by atoms with Crippen LogP contribution in [0.5, 0.6) is 0 Å². The Kier molecular flexibility index (Phi) is 2.26. The lowest BCUT2D eigenvalue weighted by Crippen LogP contribution is -1.74. The van der Waals surface area contributed by atoms with E-state index in [2.05, 4.69) is 15.0 Å². The average molecular weight is 225 g/mol. The second-order valence-corrected chi connectivity index (χ2v) is 3.85. The number of aromatic amines is 1. The lowest BCUT2D eigenvalue weighted by atomic mass is 10.2. The van der Waals surface area contributed by atoms with Crippen molar-refractivity contribution in [3.8, 4) is 0 Å². The van der Waals surface area contributed by atoms with E-state index in [9.17, 15) is 0 Å². The van der Waals surface area contributed by atoms with Crippen LogP contribution in [0.1, 0.15) is 11.3 Å². The van der Waals surface area contributed by atoms with Gasteiger partial charge in [-0.1, -0.05) is 6.07 Å². The van der Waals surface area contributed by atoms with E-state index in [-0.39, 0.29) is 0 Å². The topological polar surface area (TPSA) is 54.2 Å². The standard InChI is InChI=1S/C13H11N3O/c1-9-4-5-11-12(7-9)16-13(15-11)14-8-10-3-2-6-17-10/h2-8H,1H3,(H,15,16)/b14-8+. The van der Waals surface area contributed by atoms with Crippen LogP contribution in [-0.2, 0) is 0 Å². The molecule has 2 heterocycles. The number of imidazole rings is 1. The third-order valence-electron chi connectivity index (χ3n) is 2.48. The van der Waals surface area contributed by atoms with Gasteiger partial charge in [-0.25, -0.2) is 9.98 Å². The Morgan fingerprint density at radius 3 is 3.12 bits per heavy atom. The summed E-state index contributed by atoms with van der Waals surface area (Å²) in [7, 11) is 0. The fraction of sp³-hybridized carbons (Fsp3) is 0.0769. The number of aromatic nitrogens is 2. The Morgan fingerprint density at radius 2 is 2.29 bits per heavy atom. The van der Waals surface area contributed by atoms with Gasteiger partial charge in [0.2, 0.25) is 5.95 Å². The predicted molar refractivity (Wildman–Crippen MR) is 66.8 cm³/mol. The van der Waals surface area contributed by atoms with Gasteiger partial charge in [-0.3, -0.25) is 0 Å². The number of hydrogen-bond acceptors (Lipinski definition) is 3. The summed E-state index contributed by atoms with van der Waals surface area (Å²) in [4.78, 5) is 11.7. The Morgan fingerprint density at radius 1 is 1.35 bits per heavy atom. The summed E-state index contributed by atoms with van der Waals surface area (Å²) in [6, 6.07) is 9.73. The Labute approximate surface area is 98.0 Å². The zero-order chi connectivity index (χ0) is 11.7. The third-order valence-corrected chi connectivity index (χ3v) is 2.48. The van der Waals surface area contributed by atoms with Gasteiger partial charge in [0.15, 0.2) is 0 Å². The molecule has 0 aliphatic rings. The van der Waals surface area contributed by atoms with Crippen molar-refractivity contribution in [1.82, 2.24) is 9.97 Å². The van der Waals surface area contributed by atoms with E-state index >= 15 is 0 Å². The molecule has 0 radical (unpaired) electrons. The van der Waals surface area contributed by atoms with Crippen molar-refractivity contribution in [2.45, 2.75) is 6.92 Å². The van der Waals surface area contributed by atoms with Crippen LogP contribution in [0, 0.1) is 6.92 Å². The molecule has 0 saturated carbocycles. The molecule has 0 spiro atoms. The summed E-state index contributed by atoms with van der Waals surface area (Å²) >= 11 is 0. The third kappa shape index (κ3) is 1.97. The monoisotopic (exact) mass is 225 g/mol. The fourth-order valence-corrected chi connectivity index (χ4v) is 1.66. The highest BCUT2D eigenvalue weighted by molar-refractivity contribution is 5.81. The van der Waals surface area contributed by atoms with E-state index in [1.807, 2.05) is 37.3 Å². The number of rotatable bonds is 2. The van der Waals surface area contributed by atoms with E-state index in [1.165, 1.54) is 5.56 Å². The Balaban J connectivity index is 1.96. The predicted octanol–water partition coefficient (Wildman–Crippen LogP) is 3.21. The average Bonchev–Trinajstić information content (AvgIpc) is 2.94. The van der Waals surface area contributed by atoms with Crippen molar-refractivity contribution >= 4 is 23.2 Å². The molecule has 0 aliphatic heterocycles. The number of nitrogens with one attached hydrogen (secondary N) is 1. The van der Waals surface area contributed by atoms with Gasteiger partial charge in [-0.05, 0) is 36.8 Å². The minimum absolute atomic E-state index is 0.585. The quantitative estimate of drug-likeness (QED) is 0.681. The van der Waals surface area contributed by atoms with E-state index in [0.29, 0.717) is 11.7 Å². The molecule has 84 valence electrons. The number of nitrogens with zero attached hydrogens (tertiary/aromatic N) is 2. The molecule has 3 aromatic rings. The maximum atomic E-state index is 5.16. The molecule has 17 heavy (non-hydrogen) atoms. The lowest BCUT2D eigenvalue weighted by Gasteiger charge is -1.89. The van der Waals surface area contributed by atoms with Gasteiger partial charge in [-0.15, -0.1) is 0 Å². The maximum absolute atomic E-state index is 5.16. The first-order valence-corrected chi connectivity index (χ1v) is 5.35.